The molecule has 0 radical (unpaired) electrons. The van der Waals surface area contributed by atoms with Crippen LogP contribution < -0.4 is 9.64 Å². The van der Waals surface area contributed by atoms with Gasteiger partial charge in [0.1, 0.15) is 10.8 Å². The highest BCUT2D eigenvalue weighted by Crippen LogP contribution is 2.31. The zero-order valence-electron chi connectivity index (χ0n) is 12.5. The van der Waals surface area contributed by atoms with Gasteiger partial charge in [-0.25, -0.2) is 0 Å². The SMILES string of the molecule is Cc1ccc(N(C)C(=O)CCOc2cccc(Cl)c2Cl)cc1. The molecule has 116 valence electrons. The molecule has 2 aromatic carbocycles. The lowest BCUT2D eigenvalue weighted by atomic mass is 10.2. The molecule has 0 aliphatic rings. The number of halogens is 2. The third-order valence-corrected chi connectivity index (χ3v) is 4.09. The van der Waals surface area contributed by atoms with Crippen molar-refractivity contribution >= 4 is 34.8 Å². The maximum Gasteiger partial charge on any atom is 0.230 e. The van der Waals surface area contributed by atoms with Crippen molar-refractivity contribution in [2.45, 2.75) is 13.3 Å². The van der Waals surface area contributed by atoms with Gasteiger partial charge in [-0.3, -0.25) is 4.79 Å². The minimum Gasteiger partial charge on any atom is -0.491 e. The van der Waals surface area contributed by atoms with Gasteiger partial charge in [0, 0.05) is 12.7 Å². The number of carbonyl (C=O) groups is 1. The summed E-state index contributed by atoms with van der Waals surface area (Å²) >= 11 is 11.9. The fourth-order valence-electron chi connectivity index (χ4n) is 1.92. The molecule has 0 aromatic heterocycles. The van der Waals surface area contributed by atoms with Crippen LogP contribution in [0.4, 0.5) is 5.69 Å². The van der Waals surface area contributed by atoms with Crippen LogP contribution in [0.25, 0.3) is 0 Å². The average molecular weight is 338 g/mol. The summed E-state index contributed by atoms with van der Waals surface area (Å²) in [6.45, 7) is 2.25. The van der Waals surface area contributed by atoms with Crippen LogP contribution >= 0.6 is 23.2 Å². The van der Waals surface area contributed by atoms with Crippen molar-refractivity contribution in [3.05, 3.63) is 58.1 Å². The standard InChI is InChI=1S/C17H17Cl2NO2/c1-12-6-8-13(9-7-12)20(2)16(21)10-11-22-15-5-3-4-14(18)17(15)19/h3-9H,10-11H2,1-2H3. The number of hydrogen-bond donors (Lipinski definition) is 0. The van der Waals surface area contributed by atoms with Gasteiger partial charge in [0.25, 0.3) is 0 Å². The lowest BCUT2D eigenvalue weighted by Crippen LogP contribution is -2.27. The van der Waals surface area contributed by atoms with Crippen LogP contribution in [-0.2, 0) is 4.79 Å². The molecule has 0 N–H and O–H groups in total. The van der Waals surface area contributed by atoms with Crippen molar-refractivity contribution in [2.75, 3.05) is 18.6 Å². The van der Waals surface area contributed by atoms with Gasteiger partial charge in [-0.1, -0.05) is 47.0 Å². The third kappa shape index (κ3) is 4.15. The molecular weight excluding hydrogens is 321 g/mol. The molecule has 0 spiro atoms. The largest absolute Gasteiger partial charge is 0.491 e. The fraction of sp³-hybridized carbons (Fsp3) is 0.235. The predicted octanol–water partition coefficient (Wildman–Crippen LogP) is 4.73. The lowest BCUT2D eigenvalue weighted by Gasteiger charge is -2.18. The van der Waals surface area contributed by atoms with Crippen LogP contribution in [0, 0.1) is 6.92 Å². The quantitative estimate of drug-likeness (QED) is 0.788. The summed E-state index contributed by atoms with van der Waals surface area (Å²) in [5, 5.41) is 0.797. The number of ether oxygens (including phenoxy) is 1. The van der Waals surface area contributed by atoms with Gasteiger partial charge >= 0.3 is 0 Å². The Balaban J connectivity index is 1.90. The number of amides is 1. The topological polar surface area (TPSA) is 29.5 Å². The van der Waals surface area contributed by atoms with Crippen LogP contribution in [0.15, 0.2) is 42.5 Å². The van der Waals surface area contributed by atoms with Gasteiger partial charge < -0.3 is 9.64 Å². The normalized spacial score (nSPS) is 10.4. The number of nitrogens with zero attached hydrogens (tertiary/aromatic N) is 1. The molecule has 0 fully saturated rings. The number of aryl methyl sites for hydroxylation is 1. The molecule has 0 heterocycles. The van der Waals surface area contributed by atoms with E-state index in [0.717, 1.165) is 11.3 Å². The van der Waals surface area contributed by atoms with Gasteiger partial charge in [-0.15, -0.1) is 0 Å². The first-order valence-electron chi connectivity index (χ1n) is 6.89. The van der Waals surface area contributed by atoms with Crippen LogP contribution in [0.1, 0.15) is 12.0 Å². The molecule has 1 amide bonds. The second kappa shape index (κ2) is 7.52. The molecule has 22 heavy (non-hydrogen) atoms. The van der Waals surface area contributed by atoms with E-state index in [1.807, 2.05) is 31.2 Å². The Bertz CT molecular complexity index is 656. The van der Waals surface area contributed by atoms with Gasteiger partial charge in [-0.05, 0) is 31.2 Å². The second-order valence-electron chi connectivity index (χ2n) is 4.94. The zero-order chi connectivity index (χ0) is 16.1. The monoisotopic (exact) mass is 337 g/mol. The molecule has 0 bridgehead atoms. The van der Waals surface area contributed by atoms with E-state index in [4.69, 9.17) is 27.9 Å². The summed E-state index contributed by atoms with van der Waals surface area (Å²) in [4.78, 5) is 13.8. The van der Waals surface area contributed by atoms with Gasteiger partial charge in [0.2, 0.25) is 5.91 Å². The summed E-state index contributed by atoms with van der Waals surface area (Å²) < 4.78 is 5.53. The zero-order valence-corrected chi connectivity index (χ0v) is 14.0. The summed E-state index contributed by atoms with van der Waals surface area (Å²) in [7, 11) is 1.75. The second-order valence-corrected chi connectivity index (χ2v) is 5.72. The molecule has 5 heteroatoms. The number of rotatable bonds is 5. The molecule has 0 saturated carbocycles. The Hall–Kier alpha value is -1.71. The highest BCUT2D eigenvalue weighted by atomic mass is 35.5. The maximum absolute atomic E-state index is 12.2. The van der Waals surface area contributed by atoms with Crippen molar-refractivity contribution in [1.29, 1.82) is 0 Å². The Morgan fingerprint density at radius 1 is 1.14 bits per heavy atom. The van der Waals surface area contributed by atoms with Crippen molar-refractivity contribution in [2.24, 2.45) is 0 Å². The Labute approximate surface area is 140 Å². The molecule has 0 saturated heterocycles. The van der Waals surface area contributed by atoms with Crippen molar-refractivity contribution in [3.63, 3.8) is 0 Å². The van der Waals surface area contributed by atoms with Crippen LogP contribution in [0.3, 0.4) is 0 Å². The smallest absolute Gasteiger partial charge is 0.230 e. The summed E-state index contributed by atoms with van der Waals surface area (Å²) in [5.41, 5.74) is 2.01. The first-order valence-corrected chi connectivity index (χ1v) is 7.64. The third-order valence-electron chi connectivity index (χ3n) is 3.29. The summed E-state index contributed by atoms with van der Waals surface area (Å²) in [5.74, 6) is 0.460. The van der Waals surface area contributed by atoms with E-state index in [0.29, 0.717) is 15.8 Å². The van der Waals surface area contributed by atoms with Crippen molar-refractivity contribution in [1.82, 2.24) is 0 Å². The summed E-state index contributed by atoms with van der Waals surface area (Å²) in [6, 6.07) is 13.0. The molecule has 0 aliphatic carbocycles. The minimum atomic E-state index is -0.0259. The number of benzene rings is 2. The molecule has 3 nitrogen and oxygen atoms in total. The van der Waals surface area contributed by atoms with E-state index in [9.17, 15) is 4.79 Å². The highest BCUT2D eigenvalue weighted by molar-refractivity contribution is 6.42. The molecule has 0 atom stereocenters. The first-order chi connectivity index (χ1) is 10.5. The van der Waals surface area contributed by atoms with E-state index in [2.05, 4.69) is 0 Å². The molecule has 0 aliphatic heterocycles. The first kappa shape index (κ1) is 16.7. The molecule has 0 unspecified atom stereocenters. The predicted molar refractivity (Wildman–Crippen MR) is 91.2 cm³/mol. The van der Waals surface area contributed by atoms with E-state index in [1.54, 1.807) is 30.1 Å². The lowest BCUT2D eigenvalue weighted by molar-refractivity contribution is -0.118. The van der Waals surface area contributed by atoms with E-state index < -0.39 is 0 Å². The maximum atomic E-state index is 12.2. The van der Waals surface area contributed by atoms with Crippen molar-refractivity contribution in [3.8, 4) is 5.75 Å². The van der Waals surface area contributed by atoms with Crippen LogP contribution in [0.5, 0.6) is 5.75 Å². The number of carbonyl (C=O) groups excluding carboxylic acids is 1. The number of hydrogen-bond acceptors (Lipinski definition) is 2. The Morgan fingerprint density at radius 3 is 2.50 bits per heavy atom. The van der Waals surface area contributed by atoms with E-state index in [-0.39, 0.29) is 18.9 Å². The van der Waals surface area contributed by atoms with Gasteiger partial charge in [0.05, 0.1) is 18.1 Å². The van der Waals surface area contributed by atoms with Crippen LogP contribution in [-0.4, -0.2) is 19.6 Å². The number of anilines is 1. The van der Waals surface area contributed by atoms with E-state index >= 15 is 0 Å². The van der Waals surface area contributed by atoms with E-state index in [1.165, 1.54) is 0 Å². The Kier molecular flexibility index (Phi) is 5.69. The molecular formula is C17H17Cl2NO2. The highest BCUT2D eigenvalue weighted by Gasteiger charge is 2.12. The van der Waals surface area contributed by atoms with Crippen molar-refractivity contribution < 1.29 is 9.53 Å². The molecule has 2 rings (SSSR count). The fourth-order valence-corrected chi connectivity index (χ4v) is 2.27. The molecule has 2 aromatic rings. The summed E-state index contributed by atoms with van der Waals surface area (Å²) in [6.07, 6.45) is 0.257. The van der Waals surface area contributed by atoms with Gasteiger partial charge in [0.15, 0.2) is 0 Å². The average Bonchev–Trinajstić information content (AvgIpc) is 2.51. The Morgan fingerprint density at radius 2 is 1.82 bits per heavy atom. The van der Waals surface area contributed by atoms with Crippen LogP contribution in [0.2, 0.25) is 10.0 Å². The minimum absolute atomic E-state index is 0.0259. The van der Waals surface area contributed by atoms with Gasteiger partial charge in [-0.2, -0.15) is 0 Å².